The standard InChI is InChI=1S/C62H115NO8/c1-3-5-7-9-11-12-13-14-15-16-17-18-19-20-21-22-23-24-25-26-27-28-29-30-31-32-33-34-35-36-37-38-39-40-41-42-43-44-46-48-50-52-58(66)63-55(56(65)51-49-47-45-10-8-6-4-2)54-70-62-61(69)60(68)59(67)57(53-64)71-62/h8,10,13-14,16-17,49,51,55-57,59-62,64-65,67-69H,3-7,9,11-12,15,18-48,50,52-54H2,1-2H3,(H,63,66)/b10-8+,14-13-,17-16-,51-49+. The van der Waals surface area contributed by atoms with E-state index in [-0.39, 0.29) is 12.5 Å². The second-order valence-electron chi connectivity index (χ2n) is 21.1. The van der Waals surface area contributed by atoms with Crippen LogP contribution in [0.15, 0.2) is 48.6 Å². The summed E-state index contributed by atoms with van der Waals surface area (Å²) < 4.78 is 11.2. The topological polar surface area (TPSA) is 149 Å². The zero-order valence-electron chi connectivity index (χ0n) is 46.2. The first kappa shape index (κ1) is 67.2. The van der Waals surface area contributed by atoms with E-state index in [0.29, 0.717) is 6.42 Å². The molecule has 6 N–H and O–H groups in total. The van der Waals surface area contributed by atoms with Crippen molar-refractivity contribution in [1.82, 2.24) is 5.32 Å². The van der Waals surface area contributed by atoms with E-state index in [1.54, 1.807) is 6.08 Å². The van der Waals surface area contributed by atoms with Gasteiger partial charge in [-0.15, -0.1) is 0 Å². The van der Waals surface area contributed by atoms with Crippen molar-refractivity contribution in [1.29, 1.82) is 0 Å². The number of amides is 1. The Kier molecular flexibility index (Phi) is 48.8. The van der Waals surface area contributed by atoms with Crippen LogP contribution in [-0.2, 0) is 14.3 Å². The highest BCUT2D eigenvalue weighted by molar-refractivity contribution is 5.76. The maximum atomic E-state index is 12.9. The predicted molar refractivity (Wildman–Crippen MR) is 299 cm³/mol. The fourth-order valence-corrected chi connectivity index (χ4v) is 9.57. The van der Waals surface area contributed by atoms with Crippen molar-refractivity contribution in [3.63, 3.8) is 0 Å². The molecular formula is C62H115NO8. The Labute approximate surface area is 437 Å². The Balaban J connectivity index is 1.94. The number of aliphatic hydroxyl groups is 5. The van der Waals surface area contributed by atoms with E-state index < -0.39 is 49.5 Å². The maximum absolute atomic E-state index is 12.9. The van der Waals surface area contributed by atoms with Gasteiger partial charge in [0.25, 0.3) is 0 Å². The van der Waals surface area contributed by atoms with Gasteiger partial charge in [0.15, 0.2) is 6.29 Å². The Morgan fingerprint density at radius 2 is 0.873 bits per heavy atom. The molecule has 7 atom stereocenters. The second-order valence-corrected chi connectivity index (χ2v) is 21.1. The summed E-state index contributed by atoms with van der Waals surface area (Å²) in [5, 5.41) is 54.0. The molecule has 0 radical (unpaired) electrons. The third kappa shape index (κ3) is 41.1. The van der Waals surface area contributed by atoms with Gasteiger partial charge in [-0.2, -0.15) is 0 Å². The van der Waals surface area contributed by atoms with Crippen LogP contribution in [0, 0.1) is 0 Å². The third-order valence-electron chi connectivity index (χ3n) is 14.4. The summed E-state index contributed by atoms with van der Waals surface area (Å²) in [5.74, 6) is -0.188. The van der Waals surface area contributed by atoms with Crippen LogP contribution in [0.1, 0.15) is 284 Å². The molecule has 0 spiro atoms. The molecule has 416 valence electrons. The first-order valence-corrected chi connectivity index (χ1v) is 30.4. The monoisotopic (exact) mass is 1000 g/mol. The molecule has 1 saturated heterocycles. The molecule has 1 amide bonds. The molecule has 9 nitrogen and oxygen atoms in total. The van der Waals surface area contributed by atoms with E-state index in [1.807, 2.05) is 6.08 Å². The Bertz CT molecular complexity index is 1250. The summed E-state index contributed by atoms with van der Waals surface area (Å²) in [6.07, 6.45) is 62.7. The molecule has 1 aliphatic rings. The van der Waals surface area contributed by atoms with Crippen LogP contribution < -0.4 is 5.32 Å². The highest BCUT2D eigenvalue weighted by Crippen LogP contribution is 2.23. The van der Waals surface area contributed by atoms with Gasteiger partial charge in [0.1, 0.15) is 24.4 Å². The van der Waals surface area contributed by atoms with Crippen molar-refractivity contribution in [2.45, 2.75) is 326 Å². The minimum Gasteiger partial charge on any atom is -0.394 e. The smallest absolute Gasteiger partial charge is 0.220 e. The van der Waals surface area contributed by atoms with Crippen molar-refractivity contribution >= 4 is 5.91 Å². The third-order valence-corrected chi connectivity index (χ3v) is 14.4. The fraction of sp³-hybridized carbons (Fsp3) is 0.855. The number of nitrogens with one attached hydrogen (secondary N) is 1. The molecule has 9 heteroatoms. The zero-order valence-corrected chi connectivity index (χ0v) is 46.2. The Hall–Kier alpha value is -1.85. The van der Waals surface area contributed by atoms with Crippen molar-refractivity contribution in [3.8, 4) is 0 Å². The first-order valence-electron chi connectivity index (χ1n) is 30.4. The number of rotatable bonds is 52. The number of hydrogen-bond donors (Lipinski definition) is 6. The van der Waals surface area contributed by atoms with E-state index in [4.69, 9.17) is 9.47 Å². The highest BCUT2D eigenvalue weighted by Gasteiger charge is 2.44. The molecule has 0 saturated carbocycles. The number of aliphatic hydroxyl groups excluding tert-OH is 5. The van der Waals surface area contributed by atoms with Crippen molar-refractivity contribution in [3.05, 3.63) is 48.6 Å². The molecule has 0 aromatic rings. The number of ether oxygens (including phenoxy) is 2. The fourth-order valence-electron chi connectivity index (χ4n) is 9.57. The summed E-state index contributed by atoms with van der Waals surface area (Å²) in [6.45, 7) is 3.65. The van der Waals surface area contributed by atoms with Gasteiger partial charge >= 0.3 is 0 Å². The van der Waals surface area contributed by atoms with Crippen molar-refractivity contribution in [2.24, 2.45) is 0 Å². The van der Waals surface area contributed by atoms with Gasteiger partial charge in [-0.1, -0.05) is 268 Å². The SMILES string of the molecule is CCC/C=C/CC/C=C/C(O)C(COC1OC(CO)C(O)C(O)C1O)NC(=O)CCCCCCCCCCCCCCCCCCCCCCCCCCCCCCC/C=C\C/C=C\CCCCCCC. The van der Waals surface area contributed by atoms with Crippen LogP contribution in [0.3, 0.4) is 0 Å². The maximum Gasteiger partial charge on any atom is 0.220 e. The average molecular weight is 1000 g/mol. The van der Waals surface area contributed by atoms with Gasteiger partial charge in [0.2, 0.25) is 5.91 Å². The number of allylic oxidation sites excluding steroid dienone is 7. The molecule has 0 bridgehead atoms. The number of hydrogen-bond acceptors (Lipinski definition) is 8. The van der Waals surface area contributed by atoms with Gasteiger partial charge < -0.3 is 40.3 Å². The minimum atomic E-state index is -1.57. The lowest BCUT2D eigenvalue weighted by molar-refractivity contribution is -0.302. The largest absolute Gasteiger partial charge is 0.394 e. The summed E-state index contributed by atoms with van der Waals surface area (Å²) >= 11 is 0. The zero-order chi connectivity index (χ0) is 51.5. The molecule has 0 aromatic heterocycles. The van der Waals surface area contributed by atoms with Gasteiger partial charge in [-0.05, 0) is 57.8 Å². The van der Waals surface area contributed by atoms with Gasteiger partial charge in [-0.25, -0.2) is 0 Å². The lowest BCUT2D eigenvalue weighted by atomic mass is 9.99. The molecule has 71 heavy (non-hydrogen) atoms. The lowest BCUT2D eigenvalue weighted by Crippen LogP contribution is -2.60. The summed E-state index contributed by atoms with van der Waals surface area (Å²) in [6, 6.07) is -0.817. The van der Waals surface area contributed by atoms with E-state index in [0.717, 1.165) is 51.4 Å². The predicted octanol–water partition coefficient (Wildman–Crippen LogP) is 15.3. The van der Waals surface area contributed by atoms with Crippen molar-refractivity contribution in [2.75, 3.05) is 13.2 Å². The van der Waals surface area contributed by atoms with Gasteiger partial charge in [0, 0.05) is 6.42 Å². The average Bonchev–Trinajstić information content (AvgIpc) is 3.37. The molecule has 0 aromatic carbocycles. The van der Waals surface area contributed by atoms with Crippen LogP contribution in [-0.4, -0.2) is 87.5 Å². The second kappa shape index (κ2) is 51.6. The van der Waals surface area contributed by atoms with Gasteiger partial charge in [0.05, 0.1) is 25.4 Å². The number of unbranched alkanes of at least 4 members (excludes halogenated alkanes) is 36. The van der Waals surface area contributed by atoms with E-state index in [2.05, 4.69) is 55.6 Å². The number of carbonyl (C=O) groups is 1. The van der Waals surface area contributed by atoms with Crippen LogP contribution in [0.25, 0.3) is 0 Å². The highest BCUT2D eigenvalue weighted by atomic mass is 16.7. The molecule has 1 heterocycles. The summed E-state index contributed by atoms with van der Waals surface area (Å²) in [5.41, 5.74) is 0. The van der Waals surface area contributed by atoms with E-state index >= 15 is 0 Å². The Morgan fingerprint density at radius 1 is 0.479 bits per heavy atom. The molecule has 0 aliphatic carbocycles. The normalized spacial score (nSPS) is 19.6. The van der Waals surface area contributed by atoms with E-state index in [1.165, 1.54) is 212 Å². The quantitative estimate of drug-likeness (QED) is 0.0261. The summed E-state index contributed by atoms with van der Waals surface area (Å²) in [7, 11) is 0. The van der Waals surface area contributed by atoms with Gasteiger partial charge in [-0.3, -0.25) is 4.79 Å². The lowest BCUT2D eigenvalue weighted by Gasteiger charge is -2.40. The van der Waals surface area contributed by atoms with Crippen LogP contribution in [0.5, 0.6) is 0 Å². The van der Waals surface area contributed by atoms with E-state index in [9.17, 15) is 30.3 Å². The molecule has 1 aliphatic heterocycles. The van der Waals surface area contributed by atoms with Crippen LogP contribution in [0.4, 0.5) is 0 Å². The molecule has 7 unspecified atom stereocenters. The molecular weight excluding hydrogens is 887 g/mol. The van der Waals surface area contributed by atoms with Crippen molar-refractivity contribution < 1.29 is 39.8 Å². The number of carbonyl (C=O) groups excluding carboxylic acids is 1. The van der Waals surface area contributed by atoms with Crippen LogP contribution >= 0.6 is 0 Å². The first-order chi connectivity index (χ1) is 34.8. The van der Waals surface area contributed by atoms with Crippen LogP contribution in [0.2, 0.25) is 0 Å². The summed E-state index contributed by atoms with van der Waals surface area (Å²) in [4.78, 5) is 12.9. The molecule has 1 rings (SSSR count). The Morgan fingerprint density at radius 3 is 1.31 bits per heavy atom. The molecule has 1 fully saturated rings. The minimum absolute atomic E-state index is 0.188.